The fourth-order valence-electron chi connectivity index (χ4n) is 4.04. The van der Waals surface area contributed by atoms with Crippen LogP contribution in [0.25, 0.3) is 11.3 Å². The van der Waals surface area contributed by atoms with Gasteiger partial charge in [-0.2, -0.15) is 5.11 Å². The summed E-state index contributed by atoms with van der Waals surface area (Å²) in [4.78, 5) is 12.4. The number of hydrogen-bond donors (Lipinski definition) is 0. The topological polar surface area (TPSA) is 76.8 Å². The van der Waals surface area contributed by atoms with Crippen LogP contribution in [-0.2, 0) is 9.53 Å². The molecule has 1 aliphatic heterocycles. The van der Waals surface area contributed by atoms with E-state index in [-0.39, 0.29) is 17.3 Å². The van der Waals surface area contributed by atoms with Gasteiger partial charge in [0.25, 0.3) is 0 Å². The summed E-state index contributed by atoms with van der Waals surface area (Å²) in [6.07, 6.45) is 3.31. The van der Waals surface area contributed by atoms with Crippen molar-refractivity contribution in [3.63, 3.8) is 0 Å². The van der Waals surface area contributed by atoms with Crippen LogP contribution < -0.4 is 0 Å². The van der Waals surface area contributed by atoms with Crippen LogP contribution in [0, 0.1) is 11.3 Å². The molecule has 0 unspecified atom stereocenters. The number of carbonyl (C=O) groups is 1. The molecule has 2 fully saturated rings. The molecule has 2 atom stereocenters. The molecule has 2 heterocycles. The number of esters is 1. The largest absolute Gasteiger partial charge is 0.455 e. The Morgan fingerprint density at radius 2 is 1.89 bits per heavy atom. The van der Waals surface area contributed by atoms with Crippen LogP contribution in [0.2, 0.25) is 0 Å². The van der Waals surface area contributed by atoms with E-state index >= 15 is 0 Å². The predicted molar refractivity (Wildman–Crippen MR) is 101 cm³/mol. The minimum Gasteiger partial charge on any atom is -0.455 e. The number of benzene rings is 1. The van der Waals surface area contributed by atoms with Gasteiger partial charge in [-0.05, 0) is 31.9 Å². The summed E-state index contributed by atoms with van der Waals surface area (Å²) in [6.45, 7) is 6.32. The molecule has 1 saturated heterocycles. The van der Waals surface area contributed by atoms with Crippen molar-refractivity contribution in [2.75, 3.05) is 0 Å². The van der Waals surface area contributed by atoms with Crippen LogP contribution in [0.15, 0.2) is 64.5 Å². The molecule has 0 amide bonds. The summed E-state index contributed by atoms with van der Waals surface area (Å²) in [5.74, 6) is 0.240. The molecule has 0 radical (unpaired) electrons. The van der Waals surface area contributed by atoms with E-state index in [2.05, 4.69) is 34.3 Å². The van der Waals surface area contributed by atoms with E-state index in [9.17, 15) is 4.79 Å². The van der Waals surface area contributed by atoms with Crippen LogP contribution >= 0.6 is 0 Å². The lowest BCUT2D eigenvalue weighted by Gasteiger charge is -2.45. The molecule has 2 aliphatic rings. The summed E-state index contributed by atoms with van der Waals surface area (Å²) < 4.78 is 5.72. The predicted octanol–water partition coefficient (Wildman–Crippen LogP) is 4.86. The van der Waals surface area contributed by atoms with E-state index in [0.29, 0.717) is 11.4 Å². The molecule has 4 rings (SSSR count). The first kappa shape index (κ1) is 17.5. The highest BCUT2D eigenvalue weighted by molar-refractivity contribution is 5.91. The van der Waals surface area contributed by atoms with Gasteiger partial charge in [0.15, 0.2) is 5.82 Å². The van der Waals surface area contributed by atoms with Gasteiger partial charge in [-0.15, -0.1) is 15.3 Å². The highest BCUT2D eigenvalue weighted by atomic mass is 16.6. The molecule has 0 spiro atoms. The molecule has 1 aromatic heterocycles. The quantitative estimate of drug-likeness (QED) is 0.444. The first-order valence-electron chi connectivity index (χ1n) is 9.14. The minimum absolute atomic E-state index is 0.112. The van der Waals surface area contributed by atoms with Gasteiger partial charge in [-0.25, -0.2) is 4.79 Å². The summed E-state index contributed by atoms with van der Waals surface area (Å²) in [7, 11) is 0. The maximum Gasteiger partial charge on any atom is 0.336 e. The standard InChI is InChI=1S/C21H22N4O2/c1-20(2)16-11-12-21(20,3)27-19(26)15(16)13-22-24-18-10-9-17(23-25-18)14-7-5-4-6-8-14/h4-10,13,16H,11-12H2,1-3H3/b15-13-,24-22?/t16-,21-/m1/s1. The SMILES string of the molecule is CC1(C)[C@@H]2CC[C@@]1(C)OC(=O)/C2=C\N=Nc1ccc(-c2ccccc2)nn1. The van der Waals surface area contributed by atoms with E-state index < -0.39 is 5.60 Å². The molecule has 1 saturated carbocycles. The van der Waals surface area contributed by atoms with Gasteiger partial charge in [0.05, 0.1) is 17.5 Å². The first-order valence-corrected chi connectivity index (χ1v) is 9.14. The average Bonchev–Trinajstić information content (AvgIpc) is 2.80. The lowest BCUT2D eigenvalue weighted by atomic mass is 9.69. The van der Waals surface area contributed by atoms with Crippen molar-refractivity contribution in [1.82, 2.24) is 10.2 Å². The Balaban J connectivity index is 1.53. The van der Waals surface area contributed by atoms with E-state index in [1.807, 2.05) is 43.3 Å². The number of nitrogens with zero attached hydrogens (tertiary/aromatic N) is 4. The third-order valence-electron chi connectivity index (χ3n) is 6.15. The zero-order valence-corrected chi connectivity index (χ0v) is 15.7. The van der Waals surface area contributed by atoms with Crippen molar-refractivity contribution in [3.8, 4) is 11.3 Å². The van der Waals surface area contributed by atoms with Crippen LogP contribution in [0.5, 0.6) is 0 Å². The molecule has 6 heteroatoms. The third-order valence-corrected chi connectivity index (χ3v) is 6.15. The Bertz CT molecular complexity index is 919. The van der Waals surface area contributed by atoms with Crippen molar-refractivity contribution in [1.29, 1.82) is 0 Å². The molecule has 6 nitrogen and oxygen atoms in total. The lowest BCUT2D eigenvalue weighted by molar-refractivity contribution is -0.172. The summed E-state index contributed by atoms with van der Waals surface area (Å²) >= 11 is 0. The van der Waals surface area contributed by atoms with E-state index in [1.54, 1.807) is 6.07 Å². The number of fused-ring (bicyclic) bond motifs is 2. The highest BCUT2D eigenvalue weighted by Gasteiger charge is 2.60. The maximum atomic E-state index is 12.4. The van der Waals surface area contributed by atoms with E-state index in [4.69, 9.17) is 4.74 Å². The van der Waals surface area contributed by atoms with Gasteiger partial charge < -0.3 is 4.74 Å². The molecule has 138 valence electrons. The monoisotopic (exact) mass is 362 g/mol. The number of rotatable bonds is 3. The normalized spacial score (nSPS) is 27.9. The molecule has 1 aliphatic carbocycles. The number of ether oxygens (including phenoxy) is 1. The first-order chi connectivity index (χ1) is 12.9. The summed E-state index contributed by atoms with van der Waals surface area (Å²) in [5, 5.41) is 16.4. The van der Waals surface area contributed by atoms with Gasteiger partial charge in [-0.3, -0.25) is 0 Å². The zero-order valence-electron chi connectivity index (χ0n) is 15.7. The van der Waals surface area contributed by atoms with Crippen molar-refractivity contribution < 1.29 is 9.53 Å². The van der Waals surface area contributed by atoms with Gasteiger partial charge in [0.1, 0.15) is 5.60 Å². The fraction of sp³-hybridized carbons (Fsp3) is 0.381. The Morgan fingerprint density at radius 3 is 2.59 bits per heavy atom. The number of aromatic nitrogens is 2. The molecule has 2 aromatic rings. The van der Waals surface area contributed by atoms with Gasteiger partial charge in [0.2, 0.25) is 0 Å². The zero-order chi connectivity index (χ0) is 19.1. The molecule has 1 aromatic carbocycles. The second-order valence-electron chi connectivity index (χ2n) is 7.88. The van der Waals surface area contributed by atoms with E-state index in [0.717, 1.165) is 24.1 Å². The van der Waals surface area contributed by atoms with Crippen LogP contribution in [-0.4, -0.2) is 21.8 Å². The highest BCUT2D eigenvalue weighted by Crippen LogP contribution is 2.58. The van der Waals surface area contributed by atoms with Crippen LogP contribution in [0.4, 0.5) is 5.82 Å². The third kappa shape index (κ3) is 2.95. The van der Waals surface area contributed by atoms with Crippen LogP contribution in [0.1, 0.15) is 33.6 Å². The molecular weight excluding hydrogens is 340 g/mol. The number of hydrogen-bond acceptors (Lipinski definition) is 6. The minimum atomic E-state index is -0.401. The summed E-state index contributed by atoms with van der Waals surface area (Å²) in [5.41, 5.74) is 1.84. The lowest BCUT2D eigenvalue weighted by Crippen LogP contribution is -2.49. The Hall–Kier alpha value is -2.89. The number of carbonyl (C=O) groups excluding carboxylic acids is 1. The molecule has 2 bridgehead atoms. The fourth-order valence-corrected chi connectivity index (χ4v) is 4.04. The average molecular weight is 362 g/mol. The van der Waals surface area contributed by atoms with Crippen molar-refractivity contribution in [2.24, 2.45) is 21.6 Å². The smallest absolute Gasteiger partial charge is 0.336 e. The van der Waals surface area contributed by atoms with Crippen LogP contribution in [0.3, 0.4) is 0 Å². The number of azo groups is 1. The summed E-state index contributed by atoms with van der Waals surface area (Å²) in [6, 6.07) is 13.4. The van der Waals surface area contributed by atoms with Crippen molar-refractivity contribution in [3.05, 3.63) is 54.2 Å². The van der Waals surface area contributed by atoms with Crippen molar-refractivity contribution in [2.45, 2.75) is 39.2 Å². The van der Waals surface area contributed by atoms with Gasteiger partial charge in [0, 0.05) is 16.9 Å². The Kier molecular flexibility index (Phi) is 4.13. The molecular formula is C21H22N4O2. The second kappa shape index (κ2) is 6.37. The van der Waals surface area contributed by atoms with Gasteiger partial charge in [-0.1, -0.05) is 44.2 Å². The van der Waals surface area contributed by atoms with Crippen molar-refractivity contribution >= 4 is 11.8 Å². The second-order valence-corrected chi connectivity index (χ2v) is 7.88. The molecule has 0 N–H and O–H groups in total. The molecule has 27 heavy (non-hydrogen) atoms. The Morgan fingerprint density at radius 1 is 1.11 bits per heavy atom. The maximum absolute atomic E-state index is 12.4. The van der Waals surface area contributed by atoms with E-state index in [1.165, 1.54) is 6.20 Å². The van der Waals surface area contributed by atoms with Gasteiger partial charge >= 0.3 is 5.97 Å². The Labute approximate surface area is 158 Å².